The van der Waals surface area contributed by atoms with Crippen LogP contribution in [0.5, 0.6) is 5.95 Å². The monoisotopic (exact) mass is 2760 g/mol. The molecule has 84 heavy (non-hydrogen) atoms. The molecule has 5 rings (SSSR count). The molecule has 0 aliphatic rings. The second kappa shape index (κ2) is 86.2. The largest absolute Gasteiger partial charge is 0.665 e. The van der Waals surface area contributed by atoms with Crippen molar-refractivity contribution in [3.63, 3.8) is 0 Å². The summed E-state index contributed by atoms with van der Waals surface area (Å²) in [6, 6.07) is 30.3. The predicted molar refractivity (Wildman–Crippen MR) is 315 cm³/mol. The Morgan fingerprint density at radius 1 is 0.560 bits per heavy atom. The van der Waals surface area contributed by atoms with Crippen LogP contribution >= 0.6 is 22.6 Å². The summed E-state index contributed by atoms with van der Waals surface area (Å²) in [7, 11) is 2.90. The summed E-state index contributed by atoms with van der Waals surface area (Å²) in [6.07, 6.45) is 2.77. The van der Waals surface area contributed by atoms with Crippen molar-refractivity contribution in [3.8, 4) is 17.1 Å². The first-order valence-corrected chi connectivity index (χ1v) is 24.6. The van der Waals surface area contributed by atoms with Crippen molar-refractivity contribution < 1.29 is 217 Å². The minimum Gasteiger partial charge on any atom is -0.665 e. The summed E-state index contributed by atoms with van der Waals surface area (Å²) in [4.78, 5) is 71.0. The number of halogens is 1. The Hall–Kier alpha value is -3.20. The van der Waals surface area contributed by atoms with E-state index in [4.69, 9.17) is 45.2 Å². The molecule has 1 aromatic heterocycles. The molecule has 0 saturated carbocycles. The van der Waals surface area contributed by atoms with Gasteiger partial charge in [-0.25, -0.2) is 5.48 Å². The summed E-state index contributed by atoms with van der Waals surface area (Å²) < 4.78 is 7.26. The van der Waals surface area contributed by atoms with Crippen LogP contribution in [-0.4, -0.2) is 89.1 Å². The second-order valence-corrected chi connectivity index (χ2v) is 13.8. The molecule has 1 heterocycles. The average molecular weight is 2760 g/mol. The summed E-state index contributed by atoms with van der Waals surface area (Å²) in [5, 5.41) is 65.3. The summed E-state index contributed by atoms with van der Waals surface area (Å²) >= 11 is 2.36. The number of hydrogen-bond donors (Lipinski definition) is 9. The molecule has 4 aromatic carbocycles. The molecule has 0 bridgehead atoms. The van der Waals surface area contributed by atoms with E-state index in [1.807, 2.05) is 125 Å². The maximum absolute atomic E-state index is 11.8. The minimum atomic E-state index is -1.47. The second-order valence-electron chi connectivity index (χ2n) is 12.7. The molecule has 0 spiro atoms. The molecule has 0 atom stereocenters. The maximum atomic E-state index is 11.8. The van der Waals surface area contributed by atoms with E-state index in [1.165, 1.54) is 23.2 Å². The van der Waals surface area contributed by atoms with Gasteiger partial charge < -0.3 is 50.3 Å². The first-order chi connectivity index (χ1) is 34.8. The molecular formula is C57H92IN2O16Re7Rf-. The van der Waals surface area contributed by atoms with E-state index in [0.717, 1.165) is 51.8 Å². The van der Waals surface area contributed by atoms with Crippen LogP contribution in [0.15, 0.2) is 106 Å². The molecule has 0 unspecified atom stereocenters. The third-order valence-electron chi connectivity index (χ3n) is 8.33. The van der Waals surface area contributed by atoms with E-state index >= 15 is 0 Å². The smallest absolute Gasteiger partial charge is 0.322 e. The molecule has 9 N–H and O–H groups in total. The van der Waals surface area contributed by atoms with Crippen molar-refractivity contribution in [1.29, 1.82) is 0 Å². The zero-order chi connectivity index (χ0) is 58.1. The minimum absolute atomic E-state index is 0. The Labute approximate surface area is 605 Å². The molecular weight excluding hydrogens is 2670 g/mol. The predicted octanol–water partition coefficient (Wildman–Crippen LogP) is 12.9. The van der Waals surface area contributed by atoms with Gasteiger partial charge in [0.2, 0.25) is 0 Å². The molecule has 0 amide bonds. The van der Waals surface area contributed by atoms with Gasteiger partial charge in [-0.3, -0.25) is 28.8 Å². The van der Waals surface area contributed by atoms with Crippen molar-refractivity contribution in [2.45, 2.75) is 150 Å². The number of aliphatic hydroxyl groups excluding tert-OH is 1. The number of nitrogens with zero attached hydrogens (tertiary/aromatic N) is 1. The molecule has 27 heteroatoms. The molecule has 0 aliphatic carbocycles. The van der Waals surface area contributed by atoms with Gasteiger partial charge in [-0.15, -0.1) is 0 Å². The van der Waals surface area contributed by atoms with Gasteiger partial charge in [0.25, 0.3) is 5.56 Å². The number of hydrogen-bond acceptors (Lipinski definition) is 11. The number of carboxylic acids is 5. The van der Waals surface area contributed by atoms with Crippen molar-refractivity contribution in [2.75, 3.05) is 7.05 Å². The number of aryl methyl sites for hydroxylation is 5. The molecule has 0 fully saturated rings. The van der Waals surface area contributed by atoms with E-state index in [1.54, 1.807) is 29.7 Å². The van der Waals surface area contributed by atoms with Crippen LogP contribution in [0.2, 0.25) is 0 Å². The summed E-state index contributed by atoms with van der Waals surface area (Å²) in [5.41, 5.74) is 8.02. The maximum Gasteiger partial charge on any atom is 0.322 e. The van der Waals surface area contributed by atoms with Crippen LogP contribution in [0.3, 0.4) is 0 Å². The van der Waals surface area contributed by atoms with Gasteiger partial charge in [-0.05, 0) is 93.3 Å². The van der Waals surface area contributed by atoms with Gasteiger partial charge in [0.15, 0.2) is 5.92 Å². The number of benzene rings is 4. The standard InChI is InChI=1S/C12H13NO3.C11H12O4.C10H12O2.C8H9I.C3H4O4.4C2H6.CH5NO.CHO2.3CH4.7Re.Rf/c1-3-8-6-4-5-7-9(8)10-11(14)13(2)16-12(10)15;1-2-7-5-3-4-6-8(7)9(10(12)13)11(14)15;1-2-8-5-3-4-6-9(8)7-10(11)12;1-2-7-5-3-4-6-8(7)9;4-2(5)1-3(6)7;4*1-2;1-2-3;2-1-3;;;;;;;;;;;/h4-7,15H,3H2,1-2H3;3-6,9H,2H2,1H3,(H,12,13)(H,14,15);3-6H,2,7H2,1H3,(H,11,12);3-6H,2H2,1H3;1H2,(H,4,5)(H,6,7);4*1-2H3;2-3H,1H3;(H,2,3);3*1H4;;;;;;;;/q;;;;;;;;;;-1;;;;;;;;;;;. The molecule has 7 radical (unpaired) electrons. The zero-order valence-corrected chi connectivity index (χ0v) is 75.6. The van der Waals surface area contributed by atoms with Gasteiger partial charge in [-0.1, -0.05) is 203 Å². The number of rotatable bonds is 12. The fraction of sp³-hybridized carbons (Fsp3) is 0.421. The van der Waals surface area contributed by atoms with E-state index < -0.39 is 42.2 Å². The fourth-order valence-corrected chi connectivity index (χ4v) is 6.20. The Balaban J connectivity index is -0.0000000415. The van der Waals surface area contributed by atoms with E-state index in [2.05, 4.69) is 53.8 Å². The van der Waals surface area contributed by atoms with Gasteiger partial charge in [0.1, 0.15) is 12.0 Å². The topological polar surface area (TPSA) is 311 Å². The van der Waals surface area contributed by atoms with Gasteiger partial charge in [0.05, 0.1) is 6.42 Å². The number of hydroxylamine groups is 1. The Morgan fingerprint density at radius 2 is 0.857 bits per heavy atom. The number of carboxylic acid groups (broad SMARTS) is 5. The number of carbonyl (C=O) groups is 5. The van der Waals surface area contributed by atoms with Crippen LogP contribution in [0.1, 0.15) is 151 Å². The van der Waals surface area contributed by atoms with E-state index in [-0.39, 0.29) is 189 Å². The molecule has 0 saturated heterocycles. The molecule has 18 nitrogen and oxygen atoms in total. The molecule has 0 aliphatic heterocycles. The third kappa shape index (κ3) is 60.5. The van der Waals surface area contributed by atoms with Crippen LogP contribution in [-0.2, 0) is 211 Å². The van der Waals surface area contributed by atoms with Crippen molar-refractivity contribution in [3.05, 3.63) is 144 Å². The van der Waals surface area contributed by atoms with E-state index in [9.17, 15) is 33.9 Å². The zero-order valence-electron chi connectivity index (χ0n) is 48.1. The van der Waals surface area contributed by atoms with Crippen molar-refractivity contribution in [2.24, 2.45) is 7.05 Å². The summed E-state index contributed by atoms with van der Waals surface area (Å²) in [5.74, 6) is -7.85. The van der Waals surface area contributed by atoms with E-state index in [0.29, 0.717) is 18.5 Å². The third-order valence-corrected chi connectivity index (χ3v) is 9.38. The Bertz CT molecular complexity index is 2310. The van der Waals surface area contributed by atoms with Gasteiger partial charge in [0, 0.05) is 161 Å². The normalized spacial score (nSPS) is 7.58. The van der Waals surface area contributed by atoms with Crippen LogP contribution in [0, 0.1) is 3.57 Å². The van der Waals surface area contributed by atoms with Crippen LogP contribution in [0.4, 0.5) is 0 Å². The SMILES string of the molecule is C.C.C.CC.CC.CC.CC.CCc1ccccc1-c1c(O)on(C)c1=O.CCc1ccccc1C(C(=O)O)C(=O)O.CCc1ccccc1CC(=O)O.CCc1ccccc1I.CNO.O=C(O)CC(=O)O.O=[C-]O.[Re].[Re].[Re].[Re].[Re].[Re].[Re].[Rf]. The van der Waals surface area contributed by atoms with Crippen molar-refractivity contribution in [1.82, 2.24) is 10.2 Å². The summed E-state index contributed by atoms with van der Waals surface area (Å²) in [6.45, 7) is 24.6. The Morgan fingerprint density at radius 3 is 1.13 bits per heavy atom. The number of aromatic nitrogens is 1. The number of aliphatic carboxylic acids is 5. The van der Waals surface area contributed by atoms with Crippen LogP contribution < -0.4 is 11.0 Å². The fourth-order valence-electron chi connectivity index (χ4n) is 5.43. The van der Waals surface area contributed by atoms with Crippen molar-refractivity contribution >= 4 is 58.9 Å². The Kier molecular flexibility index (Phi) is 130. The number of nitrogens with one attached hydrogen (secondary N) is 1. The van der Waals surface area contributed by atoms with Gasteiger partial charge in [-0.2, -0.15) is 4.74 Å². The molecule has 485 valence electrons. The average Bonchev–Trinajstić information content (AvgIpc) is 3.63. The molecule has 5 aromatic rings. The first-order valence-electron chi connectivity index (χ1n) is 23.5. The number of aromatic hydroxyl groups is 1. The van der Waals surface area contributed by atoms with Gasteiger partial charge >= 0.3 is 35.8 Å². The first kappa shape index (κ1) is 126. The quantitative estimate of drug-likeness (QED) is 0.0243. The van der Waals surface area contributed by atoms with Crippen LogP contribution in [0.25, 0.3) is 11.1 Å².